The lowest BCUT2D eigenvalue weighted by molar-refractivity contribution is -0.141. The van der Waals surface area contributed by atoms with E-state index in [-0.39, 0.29) is 24.4 Å². The number of benzene rings is 1. The number of carboxylic acid groups (broad SMARTS) is 1. The largest absolute Gasteiger partial charge is 0.481 e. The molecule has 1 aliphatic heterocycles. The molecule has 26 heavy (non-hydrogen) atoms. The van der Waals surface area contributed by atoms with Crippen LogP contribution in [-0.4, -0.2) is 44.8 Å². The molecule has 3 rings (SSSR count). The van der Waals surface area contributed by atoms with E-state index >= 15 is 0 Å². The Morgan fingerprint density at radius 2 is 1.92 bits per heavy atom. The van der Waals surface area contributed by atoms with Gasteiger partial charge in [0.1, 0.15) is 0 Å². The summed E-state index contributed by atoms with van der Waals surface area (Å²) in [6.45, 7) is 6.58. The van der Waals surface area contributed by atoms with E-state index in [1.54, 1.807) is 4.90 Å². The van der Waals surface area contributed by atoms with Gasteiger partial charge in [-0.05, 0) is 32.4 Å². The molecule has 6 heteroatoms. The average molecular weight is 355 g/mol. The predicted octanol–water partition coefficient (Wildman–Crippen LogP) is 2.78. The molecule has 0 aliphatic carbocycles. The third kappa shape index (κ3) is 3.64. The van der Waals surface area contributed by atoms with Gasteiger partial charge in [0, 0.05) is 31.1 Å². The van der Waals surface area contributed by atoms with Crippen molar-refractivity contribution in [2.24, 2.45) is 5.92 Å². The van der Waals surface area contributed by atoms with Gasteiger partial charge in [-0.25, -0.2) is 0 Å². The Kier molecular flexibility index (Phi) is 5.11. The number of aromatic nitrogens is 2. The number of amides is 1. The van der Waals surface area contributed by atoms with Gasteiger partial charge < -0.3 is 10.0 Å². The maximum atomic E-state index is 12.8. The topological polar surface area (TPSA) is 75.4 Å². The summed E-state index contributed by atoms with van der Waals surface area (Å²) in [6.07, 6.45) is 0.315. The van der Waals surface area contributed by atoms with Crippen molar-refractivity contribution in [1.29, 1.82) is 0 Å². The molecule has 6 nitrogen and oxygen atoms in total. The van der Waals surface area contributed by atoms with Crippen LogP contribution < -0.4 is 0 Å². The molecule has 2 aromatic rings. The fourth-order valence-electron chi connectivity index (χ4n) is 3.86. The summed E-state index contributed by atoms with van der Waals surface area (Å²) in [7, 11) is 0. The molecule has 0 bridgehead atoms. The molecule has 1 amide bonds. The van der Waals surface area contributed by atoms with Gasteiger partial charge in [-0.2, -0.15) is 5.10 Å². The molecule has 3 unspecified atom stereocenters. The van der Waals surface area contributed by atoms with E-state index in [2.05, 4.69) is 5.10 Å². The minimum Gasteiger partial charge on any atom is -0.481 e. The summed E-state index contributed by atoms with van der Waals surface area (Å²) in [5.41, 5.74) is 2.93. The van der Waals surface area contributed by atoms with E-state index < -0.39 is 11.9 Å². The quantitative estimate of drug-likeness (QED) is 0.895. The fourth-order valence-corrected chi connectivity index (χ4v) is 3.86. The normalized spacial score (nSPS) is 21.0. The lowest BCUT2D eigenvalue weighted by Gasteiger charge is -2.20. The van der Waals surface area contributed by atoms with Crippen LogP contribution in [0, 0.1) is 19.8 Å². The van der Waals surface area contributed by atoms with Gasteiger partial charge in [0.15, 0.2) is 0 Å². The summed E-state index contributed by atoms with van der Waals surface area (Å²) in [4.78, 5) is 26.2. The number of rotatable bonds is 5. The van der Waals surface area contributed by atoms with E-state index in [1.807, 2.05) is 61.9 Å². The van der Waals surface area contributed by atoms with Crippen molar-refractivity contribution >= 4 is 11.9 Å². The average Bonchev–Trinajstić information content (AvgIpc) is 3.19. The zero-order chi connectivity index (χ0) is 18.8. The van der Waals surface area contributed by atoms with Crippen molar-refractivity contribution in [3.05, 3.63) is 53.3 Å². The molecule has 0 saturated carbocycles. The van der Waals surface area contributed by atoms with E-state index in [9.17, 15) is 14.7 Å². The standard InChI is InChI=1S/C20H25N3O3/c1-13-9-14(2)23(21-13)15(3)10-19(24)22-11-17(18(12-22)20(25)26)16-7-5-4-6-8-16/h4-9,15,17-18H,10-12H2,1-3H3,(H,25,26). The van der Waals surface area contributed by atoms with Crippen molar-refractivity contribution < 1.29 is 14.7 Å². The first-order valence-corrected chi connectivity index (χ1v) is 8.95. The molecule has 1 aliphatic rings. The minimum atomic E-state index is -0.847. The van der Waals surface area contributed by atoms with E-state index in [0.29, 0.717) is 13.0 Å². The molecular formula is C20H25N3O3. The molecule has 0 spiro atoms. The molecule has 3 atom stereocenters. The van der Waals surface area contributed by atoms with Gasteiger partial charge in [-0.3, -0.25) is 14.3 Å². The third-order valence-electron chi connectivity index (χ3n) is 5.15. The second-order valence-corrected chi connectivity index (χ2v) is 7.19. The minimum absolute atomic E-state index is 0.0188. The second kappa shape index (κ2) is 7.32. The lowest BCUT2D eigenvalue weighted by atomic mass is 9.89. The van der Waals surface area contributed by atoms with Crippen LogP contribution in [-0.2, 0) is 9.59 Å². The maximum absolute atomic E-state index is 12.8. The first-order valence-electron chi connectivity index (χ1n) is 8.95. The monoisotopic (exact) mass is 355 g/mol. The summed E-state index contributed by atoms with van der Waals surface area (Å²) in [5, 5.41) is 14.0. The summed E-state index contributed by atoms with van der Waals surface area (Å²) >= 11 is 0. The van der Waals surface area contributed by atoms with Crippen LogP contribution >= 0.6 is 0 Å². The number of aryl methyl sites for hydroxylation is 2. The molecule has 1 aromatic heterocycles. The number of hydrogen-bond donors (Lipinski definition) is 1. The Hall–Kier alpha value is -2.63. The Morgan fingerprint density at radius 3 is 2.50 bits per heavy atom. The van der Waals surface area contributed by atoms with E-state index in [0.717, 1.165) is 17.0 Å². The van der Waals surface area contributed by atoms with Crippen LogP contribution in [0.3, 0.4) is 0 Å². The van der Waals surface area contributed by atoms with Gasteiger partial charge >= 0.3 is 5.97 Å². The number of likely N-dealkylation sites (tertiary alicyclic amines) is 1. The zero-order valence-corrected chi connectivity index (χ0v) is 15.4. The zero-order valence-electron chi connectivity index (χ0n) is 15.4. The molecular weight excluding hydrogens is 330 g/mol. The SMILES string of the molecule is Cc1cc(C)n(C(C)CC(=O)N2CC(C(=O)O)C(c3ccccc3)C2)n1. The van der Waals surface area contributed by atoms with Gasteiger partial charge in [0.25, 0.3) is 0 Å². The van der Waals surface area contributed by atoms with Crippen molar-refractivity contribution in [3.8, 4) is 0 Å². The summed E-state index contributed by atoms with van der Waals surface area (Å²) in [5.74, 6) is -1.59. The number of carbonyl (C=O) groups is 2. The second-order valence-electron chi connectivity index (χ2n) is 7.19. The first kappa shape index (κ1) is 18.2. The number of nitrogens with zero attached hydrogens (tertiary/aromatic N) is 3. The van der Waals surface area contributed by atoms with Crippen molar-refractivity contribution in [2.75, 3.05) is 13.1 Å². The van der Waals surface area contributed by atoms with Gasteiger partial charge in [-0.1, -0.05) is 30.3 Å². The predicted molar refractivity (Wildman–Crippen MR) is 97.9 cm³/mol. The summed E-state index contributed by atoms with van der Waals surface area (Å²) in [6, 6.07) is 11.5. The lowest BCUT2D eigenvalue weighted by Crippen LogP contribution is -2.31. The van der Waals surface area contributed by atoms with Crippen LogP contribution in [0.25, 0.3) is 0 Å². The molecule has 0 radical (unpaired) electrons. The highest BCUT2D eigenvalue weighted by Gasteiger charge is 2.40. The van der Waals surface area contributed by atoms with Crippen molar-refractivity contribution in [2.45, 2.75) is 39.2 Å². The first-order chi connectivity index (χ1) is 12.4. The van der Waals surface area contributed by atoms with Crippen LogP contribution in [0.2, 0.25) is 0 Å². The van der Waals surface area contributed by atoms with Gasteiger partial charge in [-0.15, -0.1) is 0 Å². The molecule has 138 valence electrons. The highest BCUT2D eigenvalue weighted by molar-refractivity contribution is 5.80. The highest BCUT2D eigenvalue weighted by Crippen LogP contribution is 2.33. The number of carbonyl (C=O) groups excluding carboxylic acids is 1. The van der Waals surface area contributed by atoms with Crippen LogP contribution in [0.4, 0.5) is 0 Å². The fraction of sp³-hybridized carbons (Fsp3) is 0.450. The van der Waals surface area contributed by atoms with Crippen LogP contribution in [0.15, 0.2) is 36.4 Å². The smallest absolute Gasteiger partial charge is 0.308 e. The molecule has 1 N–H and O–H groups in total. The van der Waals surface area contributed by atoms with Gasteiger partial charge in [0.05, 0.1) is 17.7 Å². The van der Waals surface area contributed by atoms with E-state index in [1.165, 1.54) is 0 Å². The van der Waals surface area contributed by atoms with Crippen LogP contribution in [0.5, 0.6) is 0 Å². The van der Waals surface area contributed by atoms with Crippen LogP contribution in [0.1, 0.15) is 42.3 Å². The number of aliphatic carboxylic acids is 1. The van der Waals surface area contributed by atoms with Crippen molar-refractivity contribution in [1.82, 2.24) is 14.7 Å². The Morgan fingerprint density at radius 1 is 1.23 bits per heavy atom. The molecule has 1 saturated heterocycles. The summed E-state index contributed by atoms with van der Waals surface area (Å²) < 4.78 is 1.87. The molecule has 1 fully saturated rings. The third-order valence-corrected chi connectivity index (χ3v) is 5.15. The number of hydrogen-bond acceptors (Lipinski definition) is 3. The maximum Gasteiger partial charge on any atom is 0.308 e. The molecule has 2 heterocycles. The Labute approximate surface area is 153 Å². The Bertz CT molecular complexity index is 800. The van der Waals surface area contributed by atoms with Gasteiger partial charge in [0.2, 0.25) is 5.91 Å². The van der Waals surface area contributed by atoms with E-state index in [4.69, 9.17) is 0 Å². The highest BCUT2D eigenvalue weighted by atomic mass is 16.4. The van der Waals surface area contributed by atoms with Crippen molar-refractivity contribution in [3.63, 3.8) is 0 Å². The Balaban J connectivity index is 1.72. The molecule has 1 aromatic carbocycles. The number of carboxylic acids is 1.